The van der Waals surface area contributed by atoms with E-state index in [1.54, 1.807) is 0 Å². The molecule has 1 heterocycles. The van der Waals surface area contributed by atoms with Gasteiger partial charge < -0.3 is 15.1 Å². The van der Waals surface area contributed by atoms with E-state index in [0.717, 1.165) is 32.1 Å². The Kier molecular flexibility index (Phi) is 7.58. The van der Waals surface area contributed by atoms with Crippen molar-refractivity contribution < 1.29 is 0 Å². The van der Waals surface area contributed by atoms with Crippen molar-refractivity contribution in [1.82, 2.24) is 15.1 Å². The molecular formula is C15H31IN4. The lowest BCUT2D eigenvalue weighted by atomic mass is 9.68. The first kappa shape index (κ1) is 18.0. The Bertz CT molecular complexity index is 311. The molecule has 0 atom stereocenters. The molecule has 2 rings (SSSR count). The fourth-order valence-corrected chi connectivity index (χ4v) is 3.40. The summed E-state index contributed by atoms with van der Waals surface area (Å²) in [5.41, 5.74) is 0.649. The molecule has 0 aromatic carbocycles. The Hall–Kier alpha value is -0.0400. The van der Waals surface area contributed by atoms with Gasteiger partial charge in [0.1, 0.15) is 0 Å². The Morgan fingerprint density at radius 2 is 1.95 bits per heavy atom. The molecule has 4 nitrogen and oxygen atoms in total. The first-order chi connectivity index (χ1) is 9.23. The maximum atomic E-state index is 4.46. The van der Waals surface area contributed by atoms with E-state index < -0.39 is 0 Å². The zero-order valence-corrected chi connectivity index (χ0v) is 15.7. The molecule has 1 aliphatic heterocycles. The number of halogens is 1. The Balaban J connectivity index is 0.00000200. The van der Waals surface area contributed by atoms with Crippen molar-refractivity contribution in [2.45, 2.75) is 39.5 Å². The van der Waals surface area contributed by atoms with Crippen LogP contribution in [0, 0.1) is 5.41 Å². The van der Waals surface area contributed by atoms with Crippen LogP contribution in [0.3, 0.4) is 0 Å². The summed E-state index contributed by atoms with van der Waals surface area (Å²) in [6, 6.07) is 0. The molecule has 2 fully saturated rings. The molecule has 1 aliphatic carbocycles. The Morgan fingerprint density at radius 3 is 2.40 bits per heavy atom. The number of nitrogens with zero attached hydrogens (tertiary/aromatic N) is 3. The van der Waals surface area contributed by atoms with Gasteiger partial charge in [0.25, 0.3) is 0 Å². The molecule has 1 spiro atoms. The van der Waals surface area contributed by atoms with Crippen molar-refractivity contribution in [2.24, 2.45) is 10.4 Å². The van der Waals surface area contributed by atoms with Crippen molar-refractivity contribution in [3.05, 3.63) is 0 Å². The number of nitrogens with one attached hydrogen (secondary N) is 1. The second kappa shape index (κ2) is 8.41. The van der Waals surface area contributed by atoms with Gasteiger partial charge in [0.2, 0.25) is 0 Å². The predicted octanol–water partition coefficient (Wildman–Crippen LogP) is 2.40. The summed E-state index contributed by atoms with van der Waals surface area (Å²) in [5.74, 6) is 1.11. The number of likely N-dealkylation sites (tertiary alicyclic amines) is 1. The molecule has 0 aromatic rings. The summed E-state index contributed by atoms with van der Waals surface area (Å²) in [4.78, 5) is 9.36. The molecule has 0 amide bonds. The lowest BCUT2D eigenvalue weighted by molar-refractivity contribution is 0.151. The molecule has 0 unspecified atom stereocenters. The van der Waals surface area contributed by atoms with Gasteiger partial charge in [0, 0.05) is 33.2 Å². The van der Waals surface area contributed by atoms with Gasteiger partial charge in [0.15, 0.2) is 5.96 Å². The Morgan fingerprint density at radius 1 is 1.25 bits per heavy atom. The lowest BCUT2D eigenvalue weighted by Gasteiger charge is -2.38. The highest BCUT2D eigenvalue weighted by Gasteiger charge is 2.43. The van der Waals surface area contributed by atoms with E-state index in [-0.39, 0.29) is 24.0 Å². The minimum atomic E-state index is 0. The second-order valence-electron chi connectivity index (χ2n) is 6.03. The zero-order chi connectivity index (χ0) is 13.7. The van der Waals surface area contributed by atoms with Crippen molar-refractivity contribution >= 4 is 29.9 Å². The topological polar surface area (TPSA) is 30.9 Å². The highest BCUT2D eigenvalue weighted by Crippen LogP contribution is 2.47. The SMILES string of the molecule is CCN(CC)CCNC(=NC)N1CCC2(CCC2)C1.I. The summed E-state index contributed by atoms with van der Waals surface area (Å²) in [6.07, 6.45) is 5.66. The van der Waals surface area contributed by atoms with Crippen LogP contribution in [0.4, 0.5) is 0 Å². The predicted molar refractivity (Wildman–Crippen MR) is 97.0 cm³/mol. The summed E-state index contributed by atoms with van der Waals surface area (Å²) >= 11 is 0. The van der Waals surface area contributed by atoms with Gasteiger partial charge in [-0.2, -0.15) is 0 Å². The molecule has 0 radical (unpaired) electrons. The first-order valence-electron chi connectivity index (χ1n) is 7.91. The van der Waals surface area contributed by atoms with Crippen LogP contribution < -0.4 is 5.32 Å². The molecule has 5 heteroatoms. The third-order valence-corrected chi connectivity index (χ3v) is 4.97. The van der Waals surface area contributed by atoms with Crippen molar-refractivity contribution in [1.29, 1.82) is 0 Å². The molecule has 20 heavy (non-hydrogen) atoms. The highest BCUT2D eigenvalue weighted by atomic mass is 127. The number of guanidine groups is 1. The van der Waals surface area contributed by atoms with E-state index in [2.05, 4.69) is 34.0 Å². The summed E-state index contributed by atoms with van der Waals surface area (Å²) in [6.45, 7) is 11.2. The number of aliphatic imine (C=N–C) groups is 1. The molecule has 1 saturated heterocycles. The largest absolute Gasteiger partial charge is 0.355 e. The van der Waals surface area contributed by atoms with Gasteiger partial charge in [-0.15, -0.1) is 24.0 Å². The van der Waals surface area contributed by atoms with Gasteiger partial charge in [-0.3, -0.25) is 4.99 Å². The maximum Gasteiger partial charge on any atom is 0.193 e. The van der Waals surface area contributed by atoms with E-state index >= 15 is 0 Å². The van der Waals surface area contributed by atoms with Gasteiger partial charge in [-0.05, 0) is 37.8 Å². The third kappa shape index (κ3) is 4.23. The van der Waals surface area contributed by atoms with Crippen molar-refractivity contribution in [3.63, 3.8) is 0 Å². The van der Waals surface area contributed by atoms with Crippen LogP contribution >= 0.6 is 24.0 Å². The van der Waals surface area contributed by atoms with Crippen LogP contribution in [0.15, 0.2) is 4.99 Å². The molecular weight excluding hydrogens is 363 g/mol. The van der Waals surface area contributed by atoms with Crippen LogP contribution in [0.1, 0.15) is 39.5 Å². The van der Waals surface area contributed by atoms with Gasteiger partial charge >= 0.3 is 0 Å². The Labute approximate surface area is 141 Å². The molecule has 1 N–H and O–H groups in total. The second-order valence-corrected chi connectivity index (χ2v) is 6.03. The van der Waals surface area contributed by atoms with E-state index in [1.807, 2.05) is 7.05 Å². The zero-order valence-electron chi connectivity index (χ0n) is 13.3. The number of likely N-dealkylation sites (N-methyl/N-ethyl adjacent to an activating group) is 1. The summed E-state index contributed by atoms with van der Waals surface area (Å²) in [7, 11) is 1.91. The average Bonchev–Trinajstić information content (AvgIpc) is 2.84. The summed E-state index contributed by atoms with van der Waals surface area (Å²) < 4.78 is 0. The average molecular weight is 394 g/mol. The standard InChI is InChI=1S/C15H30N4.HI/c1-4-18(5-2)12-10-17-14(16-3)19-11-9-15(13-19)7-6-8-15;/h4-13H2,1-3H3,(H,16,17);1H. The monoisotopic (exact) mass is 394 g/mol. The van der Waals surface area contributed by atoms with E-state index in [0.29, 0.717) is 5.41 Å². The fraction of sp³-hybridized carbons (Fsp3) is 0.933. The maximum absolute atomic E-state index is 4.46. The van der Waals surface area contributed by atoms with Gasteiger partial charge in [-0.25, -0.2) is 0 Å². The fourth-order valence-electron chi connectivity index (χ4n) is 3.40. The normalized spacial score (nSPS) is 21.0. The van der Waals surface area contributed by atoms with E-state index in [9.17, 15) is 0 Å². The first-order valence-corrected chi connectivity index (χ1v) is 7.91. The molecule has 118 valence electrons. The third-order valence-electron chi connectivity index (χ3n) is 4.97. The van der Waals surface area contributed by atoms with Crippen LogP contribution in [0.25, 0.3) is 0 Å². The summed E-state index contributed by atoms with van der Waals surface area (Å²) in [5, 5.41) is 3.53. The minimum Gasteiger partial charge on any atom is -0.355 e. The molecule has 2 aliphatic rings. The molecule has 0 aromatic heterocycles. The minimum absolute atomic E-state index is 0. The lowest BCUT2D eigenvalue weighted by Crippen LogP contribution is -2.44. The van der Waals surface area contributed by atoms with Crippen molar-refractivity contribution in [2.75, 3.05) is 46.3 Å². The molecule has 1 saturated carbocycles. The van der Waals surface area contributed by atoms with Crippen molar-refractivity contribution in [3.8, 4) is 0 Å². The van der Waals surface area contributed by atoms with Crippen LogP contribution in [0.5, 0.6) is 0 Å². The number of rotatable bonds is 5. The number of hydrogen-bond acceptors (Lipinski definition) is 2. The smallest absolute Gasteiger partial charge is 0.193 e. The van der Waals surface area contributed by atoms with E-state index in [4.69, 9.17) is 0 Å². The van der Waals surface area contributed by atoms with Gasteiger partial charge in [-0.1, -0.05) is 20.3 Å². The van der Waals surface area contributed by atoms with Gasteiger partial charge in [0.05, 0.1) is 0 Å². The quantitative estimate of drug-likeness (QED) is 0.442. The highest BCUT2D eigenvalue weighted by molar-refractivity contribution is 14.0. The molecule has 0 bridgehead atoms. The number of hydrogen-bond donors (Lipinski definition) is 1. The van der Waals surface area contributed by atoms with Crippen LogP contribution in [-0.2, 0) is 0 Å². The van der Waals surface area contributed by atoms with Crippen LogP contribution in [0.2, 0.25) is 0 Å². The van der Waals surface area contributed by atoms with Crippen LogP contribution in [-0.4, -0.2) is 62.1 Å². The van der Waals surface area contributed by atoms with E-state index in [1.165, 1.54) is 38.8 Å².